The van der Waals surface area contributed by atoms with E-state index in [0.29, 0.717) is 11.8 Å². The number of likely N-dealkylation sites (tertiary alicyclic amines) is 2. The van der Waals surface area contributed by atoms with Crippen molar-refractivity contribution in [1.82, 2.24) is 9.80 Å². The topological polar surface area (TPSA) is 36.0 Å². The molecule has 0 spiro atoms. The number of hydrogen-bond donors (Lipinski definition) is 0. The highest BCUT2D eigenvalue weighted by Crippen LogP contribution is 2.42. The zero-order valence-corrected chi connectivity index (χ0v) is 18.2. The third-order valence-electron chi connectivity index (χ3n) is 7.48. The molecule has 3 fully saturated rings. The van der Waals surface area contributed by atoms with Crippen LogP contribution < -0.4 is 4.90 Å². The molecule has 5 heteroatoms. The summed E-state index contributed by atoms with van der Waals surface area (Å²) in [6.07, 6.45) is 5.67. The lowest BCUT2D eigenvalue weighted by atomic mass is 9.69. The van der Waals surface area contributed by atoms with Gasteiger partial charge in [-0.1, -0.05) is 25.5 Å². The molecular formula is C24H37N3O2. The van der Waals surface area contributed by atoms with Crippen LogP contribution in [0, 0.1) is 11.3 Å². The molecule has 160 valence electrons. The van der Waals surface area contributed by atoms with Crippen LogP contribution in [-0.4, -0.2) is 68.7 Å². The summed E-state index contributed by atoms with van der Waals surface area (Å²) in [4.78, 5) is 20.0. The van der Waals surface area contributed by atoms with Gasteiger partial charge >= 0.3 is 0 Å². The standard InChI is InChI=1S/C24H37N3O2/c1-24(11-3-4-12-25(2)23(24)28)21-9-13-26(14-10-21)19-20-5-7-22(8-6-20)27-15-17-29-18-16-27/h5-8,21H,3-4,9-19H2,1-2H3/t24-/m1/s1. The Morgan fingerprint density at radius 1 is 1.00 bits per heavy atom. The van der Waals surface area contributed by atoms with Crippen molar-refractivity contribution in [1.29, 1.82) is 0 Å². The maximum absolute atomic E-state index is 13.0. The summed E-state index contributed by atoms with van der Waals surface area (Å²) in [6, 6.07) is 9.08. The fourth-order valence-corrected chi connectivity index (χ4v) is 5.48. The Balaban J connectivity index is 1.31. The number of hydrogen-bond acceptors (Lipinski definition) is 4. The minimum absolute atomic E-state index is 0.156. The number of ether oxygens (including phenoxy) is 1. The van der Waals surface area contributed by atoms with Crippen LogP contribution in [0.3, 0.4) is 0 Å². The molecule has 3 saturated heterocycles. The molecule has 1 aromatic rings. The number of anilines is 1. The van der Waals surface area contributed by atoms with Crippen LogP contribution in [0.15, 0.2) is 24.3 Å². The molecule has 3 heterocycles. The van der Waals surface area contributed by atoms with E-state index in [-0.39, 0.29) is 5.41 Å². The quantitative estimate of drug-likeness (QED) is 0.778. The predicted molar refractivity (Wildman–Crippen MR) is 117 cm³/mol. The molecule has 1 atom stereocenters. The van der Waals surface area contributed by atoms with Gasteiger partial charge in [-0.2, -0.15) is 0 Å². The van der Waals surface area contributed by atoms with Crippen molar-refractivity contribution in [3.8, 4) is 0 Å². The van der Waals surface area contributed by atoms with E-state index in [9.17, 15) is 4.79 Å². The van der Waals surface area contributed by atoms with Crippen molar-refractivity contribution in [2.24, 2.45) is 11.3 Å². The van der Waals surface area contributed by atoms with E-state index in [2.05, 4.69) is 41.0 Å². The fraction of sp³-hybridized carbons (Fsp3) is 0.708. The summed E-state index contributed by atoms with van der Waals surface area (Å²) >= 11 is 0. The van der Waals surface area contributed by atoms with E-state index in [1.165, 1.54) is 17.7 Å². The lowest BCUT2D eigenvalue weighted by molar-refractivity contribution is -0.143. The molecule has 0 bridgehead atoms. The number of morpholine rings is 1. The molecule has 4 rings (SSSR count). The summed E-state index contributed by atoms with van der Waals surface area (Å²) in [6.45, 7) is 10.0. The van der Waals surface area contributed by atoms with Gasteiger partial charge in [0.25, 0.3) is 0 Å². The first-order valence-electron chi connectivity index (χ1n) is 11.5. The summed E-state index contributed by atoms with van der Waals surface area (Å²) in [7, 11) is 1.99. The molecule has 1 amide bonds. The first-order chi connectivity index (χ1) is 14.1. The highest BCUT2D eigenvalue weighted by atomic mass is 16.5. The van der Waals surface area contributed by atoms with Crippen molar-refractivity contribution >= 4 is 11.6 Å². The van der Waals surface area contributed by atoms with Gasteiger partial charge in [0.1, 0.15) is 0 Å². The number of carbonyl (C=O) groups excluding carboxylic acids is 1. The van der Waals surface area contributed by atoms with Gasteiger partial charge in [-0.25, -0.2) is 0 Å². The van der Waals surface area contributed by atoms with Crippen LogP contribution in [0.1, 0.15) is 44.6 Å². The summed E-state index contributed by atoms with van der Waals surface area (Å²) in [5, 5.41) is 0. The Morgan fingerprint density at radius 3 is 2.38 bits per heavy atom. The van der Waals surface area contributed by atoms with Crippen LogP contribution in [0.25, 0.3) is 0 Å². The maximum atomic E-state index is 13.0. The second kappa shape index (κ2) is 9.05. The lowest BCUT2D eigenvalue weighted by Crippen LogP contribution is -2.47. The number of amides is 1. The number of piperidine rings is 1. The van der Waals surface area contributed by atoms with Crippen LogP contribution >= 0.6 is 0 Å². The second-order valence-corrected chi connectivity index (χ2v) is 9.42. The Morgan fingerprint density at radius 2 is 1.69 bits per heavy atom. The normalized spacial score (nSPS) is 27.9. The minimum atomic E-state index is -0.156. The molecule has 0 saturated carbocycles. The zero-order chi connectivity index (χ0) is 20.3. The third-order valence-corrected chi connectivity index (χ3v) is 7.48. The van der Waals surface area contributed by atoms with Gasteiger partial charge in [-0.3, -0.25) is 9.69 Å². The van der Waals surface area contributed by atoms with Crippen LogP contribution in [0.2, 0.25) is 0 Å². The number of nitrogens with zero attached hydrogens (tertiary/aromatic N) is 3. The van der Waals surface area contributed by atoms with E-state index in [4.69, 9.17) is 4.74 Å². The van der Waals surface area contributed by atoms with E-state index in [1.807, 2.05) is 11.9 Å². The monoisotopic (exact) mass is 399 g/mol. The second-order valence-electron chi connectivity index (χ2n) is 9.42. The van der Waals surface area contributed by atoms with Crippen LogP contribution in [0.5, 0.6) is 0 Å². The highest BCUT2D eigenvalue weighted by molar-refractivity contribution is 5.82. The molecule has 0 N–H and O–H groups in total. The van der Waals surface area contributed by atoms with E-state index in [1.54, 1.807) is 0 Å². The Hall–Kier alpha value is -1.59. The van der Waals surface area contributed by atoms with E-state index >= 15 is 0 Å². The third kappa shape index (κ3) is 4.61. The van der Waals surface area contributed by atoms with Crippen LogP contribution in [0.4, 0.5) is 5.69 Å². The molecule has 3 aliphatic heterocycles. The Kier molecular flexibility index (Phi) is 6.45. The summed E-state index contributed by atoms with van der Waals surface area (Å²) in [5.41, 5.74) is 2.54. The number of benzene rings is 1. The number of carbonyl (C=O) groups is 1. The minimum Gasteiger partial charge on any atom is -0.378 e. The van der Waals surface area contributed by atoms with E-state index in [0.717, 1.165) is 78.2 Å². The average Bonchev–Trinajstić information content (AvgIpc) is 2.89. The molecule has 0 unspecified atom stereocenters. The SMILES string of the molecule is CN1CCCC[C@](C)(C2CCN(Cc3ccc(N4CCOCC4)cc3)CC2)C1=O. The first-order valence-corrected chi connectivity index (χ1v) is 11.5. The molecule has 29 heavy (non-hydrogen) atoms. The van der Waals surface area contributed by atoms with Crippen molar-refractivity contribution in [3.63, 3.8) is 0 Å². The smallest absolute Gasteiger partial charge is 0.228 e. The van der Waals surface area contributed by atoms with Gasteiger partial charge in [0.2, 0.25) is 5.91 Å². The van der Waals surface area contributed by atoms with E-state index < -0.39 is 0 Å². The highest BCUT2D eigenvalue weighted by Gasteiger charge is 2.44. The average molecular weight is 400 g/mol. The lowest BCUT2D eigenvalue weighted by Gasteiger charge is -2.42. The molecular weight excluding hydrogens is 362 g/mol. The van der Waals surface area contributed by atoms with Gasteiger partial charge in [0.15, 0.2) is 0 Å². The van der Waals surface area contributed by atoms with Gasteiger partial charge in [-0.05, 0) is 62.4 Å². The zero-order valence-electron chi connectivity index (χ0n) is 18.2. The van der Waals surface area contributed by atoms with Gasteiger partial charge < -0.3 is 14.5 Å². The van der Waals surface area contributed by atoms with Crippen molar-refractivity contribution in [2.45, 2.75) is 45.6 Å². The van der Waals surface area contributed by atoms with Crippen molar-refractivity contribution < 1.29 is 9.53 Å². The predicted octanol–water partition coefficient (Wildman–Crippen LogP) is 3.38. The van der Waals surface area contributed by atoms with Crippen LogP contribution in [-0.2, 0) is 16.1 Å². The largest absolute Gasteiger partial charge is 0.378 e. The van der Waals surface area contributed by atoms with Gasteiger partial charge in [0.05, 0.1) is 13.2 Å². The molecule has 0 aliphatic carbocycles. The fourth-order valence-electron chi connectivity index (χ4n) is 5.48. The number of rotatable bonds is 4. The Bertz CT molecular complexity index is 678. The summed E-state index contributed by atoms with van der Waals surface area (Å²) < 4.78 is 5.45. The first kappa shape index (κ1) is 20.7. The molecule has 0 radical (unpaired) electrons. The Labute approximate surface area is 176 Å². The van der Waals surface area contributed by atoms with Crippen molar-refractivity contribution in [2.75, 3.05) is 57.9 Å². The molecule has 0 aromatic heterocycles. The van der Waals surface area contributed by atoms with Crippen molar-refractivity contribution in [3.05, 3.63) is 29.8 Å². The molecule has 3 aliphatic rings. The molecule has 1 aromatic carbocycles. The molecule has 5 nitrogen and oxygen atoms in total. The summed E-state index contributed by atoms with van der Waals surface area (Å²) in [5.74, 6) is 0.905. The van der Waals surface area contributed by atoms with Gasteiger partial charge in [0, 0.05) is 44.3 Å². The maximum Gasteiger partial charge on any atom is 0.228 e. The van der Waals surface area contributed by atoms with Gasteiger partial charge in [-0.15, -0.1) is 0 Å².